The number of phosphoric ester groups is 3. The Morgan fingerprint density at radius 2 is 0.952 bits per heavy atom. The summed E-state index contributed by atoms with van der Waals surface area (Å²) in [6, 6.07) is 0. The van der Waals surface area contributed by atoms with Crippen LogP contribution in [0, 0.1) is 0 Å². The third kappa shape index (κ3) is 30.5. The van der Waals surface area contributed by atoms with Crippen LogP contribution in [0.1, 0.15) is 168 Å². The quantitative estimate of drug-likeness (QED) is 0.0128. The molecule has 0 radical (unpaired) electrons. The number of hydrogen-bond donors (Lipinski definition) is 8. The molecule has 1 rings (SSSR count). The van der Waals surface area contributed by atoms with Crippen molar-refractivity contribution in [2.75, 3.05) is 13.2 Å². The van der Waals surface area contributed by atoms with Crippen molar-refractivity contribution in [3.63, 3.8) is 0 Å². The SMILES string of the molecule is CCCC=CCC=CCCCCCCCC(=O)OC[C@H](COP(=O)(O)O[C@H]1C(O)C(O)C(OP(=O)(O)O)[C@@H](OP(=O)(O)O)C1O)OC(=O)CCCCCCCCCCCCCCC. The van der Waals surface area contributed by atoms with Gasteiger partial charge < -0.3 is 49.3 Å². The minimum atomic E-state index is -5.60. The van der Waals surface area contributed by atoms with Gasteiger partial charge in [-0.1, -0.05) is 141 Å². The van der Waals surface area contributed by atoms with Crippen molar-refractivity contribution in [2.24, 2.45) is 0 Å². The Hall–Kier alpha value is -1.37. The fourth-order valence-corrected chi connectivity index (χ4v) is 8.95. The summed E-state index contributed by atoms with van der Waals surface area (Å²) in [5.41, 5.74) is 0. The fourth-order valence-electron chi connectivity index (χ4n) is 6.86. The maximum Gasteiger partial charge on any atom is 0.472 e. The van der Waals surface area contributed by atoms with Gasteiger partial charge in [0.25, 0.3) is 0 Å². The van der Waals surface area contributed by atoms with E-state index >= 15 is 0 Å². The largest absolute Gasteiger partial charge is 0.472 e. The van der Waals surface area contributed by atoms with Crippen molar-refractivity contribution in [3.05, 3.63) is 24.3 Å². The topological polar surface area (TPSA) is 303 Å². The Morgan fingerprint density at radius 3 is 1.46 bits per heavy atom. The van der Waals surface area contributed by atoms with Gasteiger partial charge in [-0.2, -0.15) is 0 Å². The Kier molecular flexibility index (Phi) is 32.2. The summed E-state index contributed by atoms with van der Waals surface area (Å²) in [5.74, 6) is -1.31. The van der Waals surface area contributed by atoms with Crippen molar-refractivity contribution in [2.45, 2.75) is 211 Å². The zero-order valence-electron chi connectivity index (χ0n) is 37.1. The molecule has 0 aliphatic heterocycles. The molecule has 0 saturated heterocycles. The van der Waals surface area contributed by atoms with Gasteiger partial charge in [-0.15, -0.1) is 0 Å². The molecule has 8 N–H and O–H groups in total. The van der Waals surface area contributed by atoms with Crippen molar-refractivity contribution >= 4 is 35.4 Å². The molecule has 0 heterocycles. The summed E-state index contributed by atoms with van der Waals surface area (Å²) in [6.45, 7) is 2.85. The van der Waals surface area contributed by atoms with Crippen LogP contribution in [0.2, 0.25) is 0 Å². The van der Waals surface area contributed by atoms with E-state index in [4.69, 9.17) is 18.5 Å². The van der Waals surface area contributed by atoms with Gasteiger partial charge >= 0.3 is 35.4 Å². The first-order valence-electron chi connectivity index (χ1n) is 22.6. The Labute approximate surface area is 373 Å². The highest BCUT2D eigenvalue weighted by Crippen LogP contribution is 2.51. The number of carbonyl (C=O) groups is 2. The number of carbonyl (C=O) groups excluding carboxylic acids is 2. The molecule has 1 aliphatic rings. The smallest absolute Gasteiger partial charge is 0.462 e. The maximum absolute atomic E-state index is 13.1. The van der Waals surface area contributed by atoms with Crippen molar-refractivity contribution in [1.29, 1.82) is 0 Å². The number of aliphatic hydroxyl groups excluding tert-OH is 3. The average Bonchev–Trinajstić information content (AvgIpc) is 3.20. The van der Waals surface area contributed by atoms with Crippen molar-refractivity contribution in [3.8, 4) is 0 Å². The van der Waals surface area contributed by atoms with Gasteiger partial charge in [-0.3, -0.25) is 27.7 Å². The van der Waals surface area contributed by atoms with E-state index in [0.29, 0.717) is 12.8 Å². The monoisotopic (exact) mass is 966 g/mol. The van der Waals surface area contributed by atoms with E-state index in [1.54, 1.807) is 0 Å². The predicted octanol–water partition coefficient (Wildman–Crippen LogP) is 7.51. The highest BCUT2D eigenvalue weighted by atomic mass is 31.2. The molecular formula is C41H77O19P3. The van der Waals surface area contributed by atoms with Gasteiger partial charge in [0.1, 0.15) is 43.2 Å². The lowest BCUT2D eigenvalue weighted by Crippen LogP contribution is -2.65. The van der Waals surface area contributed by atoms with Crippen LogP contribution < -0.4 is 0 Å². The standard InChI is InChI=1S/C41H77O19P3/c1-3-5-7-9-11-13-15-17-19-21-23-25-27-29-34(42)55-31-33(57-35(43)30-28-26-24-22-20-18-16-14-12-10-8-6-4-2)32-56-63(53,54)60-39-36(44)37(45)40(58-61(47,48)49)41(38(39)46)59-62(50,51)52/h7,9,13,15,33,36-41,44-46H,3-6,8,10-12,14,16-32H2,1-2H3,(H,53,54)(H2,47,48,49)(H2,50,51,52)/t33-,36?,37?,38?,39+,40?,41+/m1/s1. The van der Waals surface area contributed by atoms with Crippen molar-refractivity contribution in [1.82, 2.24) is 0 Å². The second-order valence-electron chi connectivity index (χ2n) is 16.0. The Morgan fingerprint density at radius 1 is 0.508 bits per heavy atom. The van der Waals surface area contributed by atoms with Crippen LogP contribution in [-0.4, -0.2) is 108 Å². The van der Waals surface area contributed by atoms with E-state index in [1.165, 1.54) is 44.9 Å². The van der Waals surface area contributed by atoms with Crippen LogP contribution in [0.3, 0.4) is 0 Å². The predicted molar refractivity (Wildman–Crippen MR) is 234 cm³/mol. The van der Waals surface area contributed by atoms with Gasteiger partial charge in [0, 0.05) is 12.8 Å². The van der Waals surface area contributed by atoms with E-state index in [0.717, 1.165) is 83.5 Å². The van der Waals surface area contributed by atoms with Crippen molar-refractivity contribution < 1.29 is 90.6 Å². The Balaban J connectivity index is 2.77. The first-order valence-corrected chi connectivity index (χ1v) is 27.2. The molecular weight excluding hydrogens is 889 g/mol. The van der Waals surface area contributed by atoms with Gasteiger partial charge in [-0.25, -0.2) is 13.7 Å². The first-order chi connectivity index (χ1) is 29.8. The second-order valence-corrected chi connectivity index (χ2v) is 19.8. The first kappa shape index (κ1) is 59.6. The number of aliphatic hydroxyl groups is 3. The summed E-state index contributed by atoms with van der Waals surface area (Å²) in [6.07, 6.45) is 15.0. The normalized spacial score (nSPS) is 22.4. The van der Waals surface area contributed by atoms with E-state index in [9.17, 15) is 63.1 Å². The molecule has 0 bridgehead atoms. The number of hydrogen-bond acceptors (Lipinski definition) is 14. The molecule has 5 unspecified atom stereocenters. The lowest BCUT2D eigenvalue weighted by Gasteiger charge is -2.44. The number of phosphoric acid groups is 3. The molecule has 63 heavy (non-hydrogen) atoms. The second kappa shape index (κ2) is 34.0. The van der Waals surface area contributed by atoms with E-state index in [-0.39, 0.29) is 12.8 Å². The molecule has 0 aromatic rings. The van der Waals surface area contributed by atoms with Crippen LogP contribution in [0.25, 0.3) is 0 Å². The third-order valence-corrected chi connectivity index (χ3v) is 12.3. The molecule has 22 heteroatoms. The van der Waals surface area contributed by atoms with Gasteiger partial charge in [-0.05, 0) is 38.5 Å². The minimum Gasteiger partial charge on any atom is -0.462 e. The number of rotatable bonds is 38. The lowest BCUT2D eigenvalue weighted by molar-refractivity contribution is -0.213. The van der Waals surface area contributed by atoms with E-state index in [2.05, 4.69) is 47.2 Å². The molecule has 1 aliphatic carbocycles. The zero-order chi connectivity index (χ0) is 47.2. The number of unbranched alkanes of at least 4 members (excludes halogenated alkanes) is 18. The summed E-state index contributed by atoms with van der Waals surface area (Å²) < 4.78 is 65.3. The van der Waals surface area contributed by atoms with Crippen LogP contribution in [0.5, 0.6) is 0 Å². The van der Waals surface area contributed by atoms with E-state index < -0.39 is 91.3 Å². The summed E-state index contributed by atoms with van der Waals surface area (Å²) in [5, 5.41) is 31.8. The molecule has 1 saturated carbocycles. The molecule has 0 aromatic heterocycles. The minimum absolute atomic E-state index is 0.00154. The average molecular weight is 967 g/mol. The Bertz CT molecular complexity index is 1440. The van der Waals surface area contributed by atoms with Gasteiger partial charge in [0.2, 0.25) is 0 Å². The summed E-state index contributed by atoms with van der Waals surface area (Å²) >= 11 is 0. The maximum atomic E-state index is 13.1. The molecule has 19 nitrogen and oxygen atoms in total. The van der Waals surface area contributed by atoms with Crippen LogP contribution in [0.15, 0.2) is 24.3 Å². The summed E-state index contributed by atoms with van der Waals surface area (Å²) in [4.78, 5) is 73.0. The third-order valence-electron chi connectivity index (χ3n) is 10.2. The number of allylic oxidation sites excluding steroid dienone is 4. The highest BCUT2D eigenvalue weighted by Gasteiger charge is 2.56. The zero-order valence-corrected chi connectivity index (χ0v) is 39.8. The fraction of sp³-hybridized carbons (Fsp3) is 0.854. The molecule has 1 fully saturated rings. The lowest BCUT2D eigenvalue weighted by atomic mass is 9.85. The van der Waals surface area contributed by atoms with Gasteiger partial charge in [0.05, 0.1) is 6.61 Å². The summed E-state index contributed by atoms with van der Waals surface area (Å²) in [7, 11) is -16.6. The number of ether oxygens (including phenoxy) is 2. The molecule has 8 atom stereocenters. The molecule has 0 amide bonds. The van der Waals surface area contributed by atoms with E-state index in [1.807, 2.05) is 0 Å². The highest BCUT2D eigenvalue weighted by molar-refractivity contribution is 7.47. The van der Waals surface area contributed by atoms with Crippen LogP contribution in [0.4, 0.5) is 0 Å². The molecule has 370 valence electrons. The molecule has 0 aromatic carbocycles. The van der Waals surface area contributed by atoms with Gasteiger partial charge in [0.15, 0.2) is 6.10 Å². The van der Waals surface area contributed by atoms with Crippen LogP contribution >= 0.6 is 23.5 Å². The molecule has 0 spiro atoms. The van der Waals surface area contributed by atoms with Crippen LogP contribution in [-0.2, 0) is 50.9 Å². The number of esters is 2.